The van der Waals surface area contributed by atoms with Crippen LogP contribution in [0.5, 0.6) is 0 Å². The average molecular weight is 453 g/mol. The predicted molar refractivity (Wildman–Crippen MR) is 140 cm³/mol. The number of esters is 1. The van der Waals surface area contributed by atoms with Crippen molar-refractivity contribution in [3.05, 3.63) is 84.4 Å². The number of anilines is 2. The molecule has 1 aromatic heterocycles. The van der Waals surface area contributed by atoms with E-state index in [1.807, 2.05) is 45.4 Å². The highest BCUT2D eigenvalue weighted by Crippen LogP contribution is 2.34. The molecule has 0 saturated carbocycles. The quantitative estimate of drug-likeness (QED) is 0.278. The van der Waals surface area contributed by atoms with E-state index in [9.17, 15) is 4.79 Å². The number of benzene rings is 3. The number of nitrogens with zero attached hydrogens (tertiary/aromatic N) is 2. The molecule has 1 heterocycles. The number of hydrogen-bond acceptors (Lipinski definition) is 5. The highest BCUT2D eigenvalue weighted by Gasteiger charge is 2.16. The summed E-state index contributed by atoms with van der Waals surface area (Å²) in [6.07, 6.45) is 3.13. The number of H-pyrrole nitrogens is 1. The summed E-state index contributed by atoms with van der Waals surface area (Å²) >= 11 is 0. The molecule has 0 amide bonds. The molecule has 2 N–H and O–H groups in total. The van der Waals surface area contributed by atoms with Gasteiger partial charge in [-0.1, -0.05) is 48.5 Å². The lowest BCUT2D eigenvalue weighted by Crippen LogP contribution is -2.07. The van der Waals surface area contributed by atoms with Crippen LogP contribution in [-0.4, -0.2) is 44.2 Å². The smallest absolute Gasteiger partial charge is 0.330 e. The summed E-state index contributed by atoms with van der Waals surface area (Å²) in [5, 5.41) is 3.16. The van der Waals surface area contributed by atoms with Crippen LogP contribution in [0, 0.1) is 0 Å². The second kappa shape index (κ2) is 10.1. The Labute approximate surface area is 199 Å². The Balaban J connectivity index is 1.74. The minimum Gasteiger partial charge on any atom is -0.466 e. The molecule has 6 heteroatoms. The Morgan fingerprint density at radius 3 is 2.12 bits per heavy atom. The standard InChI is InChI=1S/C28H28N4O2/c1-29-23-14-10-20(11-15-23)26-27(21-12-16-24(17-13-21)32(2)3)31-28(30-26)22-8-5-19(6-9-22)7-18-25(33)34-4/h5-18,29H,1-4H3,(H,30,31)/b18-7+. The molecule has 0 spiro atoms. The molecule has 172 valence electrons. The van der Waals surface area contributed by atoms with Crippen molar-refractivity contribution >= 4 is 23.4 Å². The van der Waals surface area contributed by atoms with Crippen LogP contribution in [0.15, 0.2) is 78.9 Å². The maximum absolute atomic E-state index is 11.4. The number of aromatic amines is 1. The van der Waals surface area contributed by atoms with Crippen LogP contribution in [0.1, 0.15) is 5.56 Å². The summed E-state index contributed by atoms with van der Waals surface area (Å²) in [5.74, 6) is 0.400. The molecule has 0 unspecified atom stereocenters. The van der Waals surface area contributed by atoms with Crippen LogP contribution in [-0.2, 0) is 9.53 Å². The van der Waals surface area contributed by atoms with Crippen molar-refractivity contribution in [2.45, 2.75) is 0 Å². The van der Waals surface area contributed by atoms with Crippen LogP contribution in [0.4, 0.5) is 11.4 Å². The van der Waals surface area contributed by atoms with Crippen LogP contribution >= 0.6 is 0 Å². The first-order valence-electron chi connectivity index (χ1n) is 11.0. The highest BCUT2D eigenvalue weighted by molar-refractivity contribution is 5.87. The van der Waals surface area contributed by atoms with Gasteiger partial charge in [-0.15, -0.1) is 0 Å². The van der Waals surface area contributed by atoms with Crippen LogP contribution in [0.3, 0.4) is 0 Å². The Kier molecular flexibility index (Phi) is 6.78. The van der Waals surface area contributed by atoms with Gasteiger partial charge in [0.15, 0.2) is 0 Å². The molecule has 0 aliphatic carbocycles. The number of ether oxygens (including phenoxy) is 1. The number of methoxy groups -OCH3 is 1. The van der Waals surface area contributed by atoms with E-state index in [0.717, 1.165) is 50.8 Å². The minimum atomic E-state index is -0.381. The molecular formula is C28H28N4O2. The molecule has 6 nitrogen and oxygen atoms in total. The second-order valence-electron chi connectivity index (χ2n) is 8.06. The summed E-state index contributed by atoms with van der Waals surface area (Å²) in [5.41, 5.74) is 8.01. The summed E-state index contributed by atoms with van der Waals surface area (Å²) in [6.45, 7) is 0. The van der Waals surface area contributed by atoms with E-state index < -0.39 is 0 Å². The molecule has 0 saturated heterocycles. The molecule has 4 aromatic rings. The molecule has 0 atom stereocenters. The van der Waals surface area contributed by atoms with Crippen molar-refractivity contribution in [1.29, 1.82) is 0 Å². The van der Waals surface area contributed by atoms with Crippen molar-refractivity contribution in [3.63, 3.8) is 0 Å². The molecular weight excluding hydrogens is 424 g/mol. The molecule has 0 aliphatic rings. The van der Waals surface area contributed by atoms with Gasteiger partial charge in [0.2, 0.25) is 0 Å². The SMILES string of the molecule is CNc1ccc(-c2[nH]c(-c3ccc(/C=C/C(=O)OC)cc3)nc2-c2ccc(N(C)C)cc2)cc1. The fourth-order valence-electron chi connectivity index (χ4n) is 3.63. The van der Waals surface area contributed by atoms with Crippen LogP contribution < -0.4 is 10.2 Å². The predicted octanol–water partition coefficient (Wildman–Crippen LogP) is 5.70. The van der Waals surface area contributed by atoms with Crippen molar-refractivity contribution in [2.24, 2.45) is 0 Å². The van der Waals surface area contributed by atoms with Gasteiger partial charge in [-0.05, 0) is 35.9 Å². The van der Waals surface area contributed by atoms with Crippen molar-refractivity contribution < 1.29 is 9.53 Å². The average Bonchev–Trinajstić information content (AvgIpc) is 3.33. The van der Waals surface area contributed by atoms with E-state index in [0.29, 0.717) is 0 Å². The van der Waals surface area contributed by atoms with Crippen molar-refractivity contribution in [1.82, 2.24) is 9.97 Å². The molecule has 34 heavy (non-hydrogen) atoms. The Hall–Kier alpha value is -4.32. The van der Waals surface area contributed by atoms with Gasteiger partial charge >= 0.3 is 5.97 Å². The van der Waals surface area contributed by atoms with Gasteiger partial charge in [-0.2, -0.15) is 0 Å². The first-order valence-corrected chi connectivity index (χ1v) is 11.0. The van der Waals surface area contributed by atoms with Gasteiger partial charge in [-0.3, -0.25) is 0 Å². The van der Waals surface area contributed by atoms with E-state index in [2.05, 4.69) is 68.5 Å². The number of rotatable bonds is 7. The maximum Gasteiger partial charge on any atom is 0.330 e. The Bertz CT molecular complexity index is 1290. The molecule has 0 fully saturated rings. The monoisotopic (exact) mass is 452 g/mol. The van der Waals surface area contributed by atoms with Gasteiger partial charge in [0.05, 0.1) is 18.5 Å². The fraction of sp³-hybridized carbons (Fsp3) is 0.143. The second-order valence-corrected chi connectivity index (χ2v) is 8.06. The zero-order chi connectivity index (χ0) is 24.1. The van der Waals surface area contributed by atoms with Crippen molar-refractivity contribution in [2.75, 3.05) is 38.5 Å². The third-order valence-corrected chi connectivity index (χ3v) is 5.62. The summed E-state index contributed by atoms with van der Waals surface area (Å²) in [7, 11) is 7.33. The molecule has 4 rings (SSSR count). The van der Waals surface area contributed by atoms with Gasteiger partial charge in [0.1, 0.15) is 5.82 Å². The largest absolute Gasteiger partial charge is 0.466 e. The third-order valence-electron chi connectivity index (χ3n) is 5.62. The number of imidazole rings is 1. The van der Waals surface area contributed by atoms with Gasteiger partial charge in [0, 0.05) is 55.3 Å². The van der Waals surface area contributed by atoms with E-state index in [4.69, 9.17) is 4.98 Å². The topological polar surface area (TPSA) is 70.2 Å². The van der Waals surface area contributed by atoms with E-state index in [-0.39, 0.29) is 5.97 Å². The molecule has 0 bridgehead atoms. The third kappa shape index (κ3) is 5.02. The first kappa shape index (κ1) is 22.9. The lowest BCUT2D eigenvalue weighted by Gasteiger charge is -2.12. The van der Waals surface area contributed by atoms with Crippen LogP contribution in [0.25, 0.3) is 40.0 Å². The fourth-order valence-corrected chi connectivity index (χ4v) is 3.63. The van der Waals surface area contributed by atoms with Gasteiger partial charge in [-0.25, -0.2) is 9.78 Å². The number of nitrogens with one attached hydrogen (secondary N) is 2. The van der Waals surface area contributed by atoms with Crippen LogP contribution in [0.2, 0.25) is 0 Å². The minimum absolute atomic E-state index is 0.381. The first-order chi connectivity index (χ1) is 16.5. The summed E-state index contributed by atoms with van der Waals surface area (Å²) in [4.78, 5) is 21.9. The Morgan fingerprint density at radius 1 is 0.912 bits per heavy atom. The number of aromatic nitrogens is 2. The summed E-state index contributed by atoms with van der Waals surface area (Å²) in [6, 6.07) is 24.5. The Morgan fingerprint density at radius 2 is 1.53 bits per heavy atom. The van der Waals surface area contributed by atoms with Gasteiger partial charge in [0.25, 0.3) is 0 Å². The maximum atomic E-state index is 11.4. The lowest BCUT2D eigenvalue weighted by atomic mass is 10.0. The van der Waals surface area contributed by atoms with Crippen molar-refractivity contribution in [3.8, 4) is 33.9 Å². The number of hydrogen-bond donors (Lipinski definition) is 2. The highest BCUT2D eigenvalue weighted by atomic mass is 16.5. The number of carbonyl (C=O) groups excluding carboxylic acids is 1. The lowest BCUT2D eigenvalue weighted by molar-refractivity contribution is -0.134. The normalized spacial score (nSPS) is 10.9. The van der Waals surface area contributed by atoms with E-state index in [1.54, 1.807) is 6.08 Å². The molecule has 3 aromatic carbocycles. The molecule has 0 aliphatic heterocycles. The number of carbonyl (C=O) groups is 1. The summed E-state index contributed by atoms with van der Waals surface area (Å²) < 4.78 is 4.65. The van der Waals surface area contributed by atoms with E-state index in [1.165, 1.54) is 13.2 Å². The molecule has 0 radical (unpaired) electrons. The zero-order valence-corrected chi connectivity index (χ0v) is 19.8. The van der Waals surface area contributed by atoms with Gasteiger partial charge < -0.3 is 19.9 Å². The van der Waals surface area contributed by atoms with E-state index >= 15 is 0 Å². The zero-order valence-electron chi connectivity index (χ0n) is 19.8.